The van der Waals surface area contributed by atoms with E-state index in [1.165, 1.54) is 31.7 Å². The predicted molar refractivity (Wildman–Crippen MR) is 82.6 cm³/mol. The van der Waals surface area contributed by atoms with Crippen LogP contribution in [0.15, 0.2) is 18.2 Å². The van der Waals surface area contributed by atoms with Crippen LogP contribution in [0.2, 0.25) is 0 Å². The molecule has 0 aliphatic rings. The van der Waals surface area contributed by atoms with Crippen LogP contribution in [0, 0.1) is 11.7 Å². The molecule has 0 heterocycles. The Bertz CT molecular complexity index is 379. The van der Waals surface area contributed by atoms with E-state index in [0.29, 0.717) is 17.9 Å². The van der Waals surface area contributed by atoms with E-state index < -0.39 is 0 Å². The van der Waals surface area contributed by atoms with Crippen LogP contribution >= 0.6 is 0 Å². The first kappa shape index (κ1) is 17.0. The van der Waals surface area contributed by atoms with Gasteiger partial charge in [0, 0.05) is 18.2 Å². The summed E-state index contributed by atoms with van der Waals surface area (Å²) in [6, 6.07) is 5.01. The predicted octanol–water partition coefficient (Wildman–Crippen LogP) is 4.53. The Morgan fingerprint density at radius 2 is 1.90 bits per heavy atom. The number of ether oxygens (including phenoxy) is 1. The first-order chi connectivity index (χ1) is 9.63. The van der Waals surface area contributed by atoms with E-state index in [0.717, 1.165) is 18.9 Å². The molecule has 1 N–H and O–H groups in total. The summed E-state index contributed by atoms with van der Waals surface area (Å²) in [5.74, 6) is 1.18. The second-order valence-electron chi connectivity index (χ2n) is 5.73. The molecule has 1 aromatic rings. The van der Waals surface area contributed by atoms with Crippen LogP contribution in [0.4, 0.5) is 4.39 Å². The highest BCUT2D eigenvalue weighted by Gasteiger charge is 2.03. The standard InChI is InChI=1S/C17H28FNO/c1-14(2)8-6-4-5-7-11-19-13-15-9-10-16(20-3)12-17(15)18/h9-10,12,14,19H,4-8,11,13H2,1-3H3. The van der Waals surface area contributed by atoms with Crippen molar-refractivity contribution in [3.8, 4) is 5.75 Å². The van der Waals surface area contributed by atoms with Gasteiger partial charge >= 0.3 is 0 Å². The highest BCUT2D eigenvalue weighted by Crippen LogP contribution is 2.16. The lowest BCUT2D eigenvalue weighted by Gasteiger charge is -2.08. The Hall–Kier alpha value is -1.09. The number of hydrogen-bond donors (Lipinski definition) is 1. The van der Waals surface area contributed by atoms with E-state index in [-0.39, 0.29) is 5.82 Å². The van der Waals surface area contributed by atoms with E-state index in [1.54, 1.807) is 19.2 Å². The second kappa shape index (κ2) is 9.76. The summed E-state index contributed by atoms with van der Waals surface area (Å²) in [6.07, 6.45) is 6.37. The van der Waals surface area contributed by atoms with Gasteiger partial charge in [0.2, 0.25) is 0 Å². The molecule has 0 bridgehead atoms. The number of halogens is 1. The molecule has 1 aromatic carbocycles. The summed E-state index contributed by atoms with van der Waals surface area (Å²) in [5.41, 5.74) is 0.700. The van der Waals surface area contributed by atoms with E-state index in [9.17, 15) is 4.39 Å². The molecule has 2 nitrogen and oxygen atoms in total. The first-order valence-corrected chi connectivity index (χ1v) is 7.66. The van der Waals surface area contributed by atoms with Crippen LogP contribution < -0.4 is 10.1 Å². The van der Waals surface area contributed by atoms with Crippen molar-refractivity contribution in [2.45, 2.75) is 52.5 Å². The summed E-state index contributed by atoms with van der Waals surface area (Å²) < 4.78 is 18.7. The summed E-state index contributed by atoms with van der Waals surface area (Å²) in [4.78, 5) is 0. The number of methoxy groups -OCH3 is 1. The van der Waals surface area contributed by atoms with Crippen LogP contribution in [-0.4, -0.2) is 13.7 Å². The van der Waals surface area contributed by atoms with Gasteiger partial charge in [-0.2, -0.15) is 0 Å². The molecular formula is C17H28FNO. The van der Waals surface area contributed by atoms with Crippen LogP contribution in [0.1, 0.15) is 51.5 Å². The van der Waals surface area contributed by atoms with Gasteiger partial charge in [-0.1, -0.05) is 45.6 Å². The third-order valence-corrected chi connectivity index (χ3v) is 3.46. The minimum Gasteiger partial charge on any atom is -0.497 e. The molecule has 114 valence electrons. The molecule has 0 unspecified atom stereocenters. The second-order valence-corrected chi connectivity index (χ2v) is 5.73. The number of rotatable bonds is 10. The van der Waals surface area contributed by atoms with Gasteiger partial charge in [0.1, 0.15) is 11.6 Å². The third-order valence-electron chi connectivity index (χ3n) is 3.46. The maximum Gasteiger partial charge on any atom is 0.131 e. The van der Waals surface area contributed by atoms with E-state index in [1.807, 2.05) is 0 Å². The maximum absolute atomic E-state index is 13.7. The fourth-order valence-electron chi connectivity index (χ4n) is 2.18. The maximum atomic E-state index is 13.7. The topological polar surface area (TPSA) is 21.3 Å². The van der Waals surface area contributed by atoms with Crippen molar-refractivity contribution in [3.63, 3.8) is 0 Å². The SMILES string of the molecule is COc1ccc(CNCCCCCCC(C)C)c(F)c1. The van der Waals surface area contributed by atoms with Crippen molar-refractivity contribution in [3.05, 3.63) is 29.6 Å². The van der Waals surface area contributed by atoms with Crippen LogP contribution in [-0.2, 0) is 6.54 Å². The van der Waals surface area contributed by atoms with Crippen LogP contribution in [0.3, 0.4) is 0 Å². The van der Waals surface area contributed by atoms with E-state index >= 15 is 0 Å². The lowest BCUT2D eigenvalue weighted by atomic mass is 10.0. The van der Waals surface area contributed by atoms with Gasteiger partial charge in [0.25, 0.3) is 0 Å². The van der Waals surface area contributed by atoms with Gasteiger partial charge in [0.05, 0.1) is 7.11 Å². The molecule has 0 saturated carbocycles. The van der Waals surface area contributed by atoms with Gasteiger partial charge in [-0.05, 0) is 24.9 Å². The summed E-state index contributed by atoms with van der Waals surface area (Å²) >= 11 is 0. The van der Waals surface area contributed by atoms with Crippen LogP contribution in [0.25, 0.3) is 0 Å². The monoisotopic (exact) mass is 281 g/mol. The molecule has 0 spiro atoms. The zero-order valence-electron chi connectivity index (χ0n) is 13.0. The average Bonchev–Trinajstić information content (AvgIpc) is 2.42. The fourth-order valence-corrected chi connectivity index (χ4v) is 2.18. The van der Waals surface area contributed by atoms with Gasteiger partial charge in [-0.25, -0.2) is 4.39 Å². The molecule has 1 rings (SSSR count). The Labute approximate surface area is 122 Å². The Kier molecular flexibility index (Phi) is 8.28. The molecule has 0 saturated heterocycles. The molecule has 0 aromatic heterocycles. The normalized spacial score (nSPS) is 11.1. The molecule has 0 amide bonds. The molecule has 20 heavy (non-hydrogen) atoms. The Balaban J connectivity index is 2.09. The minimum absolute atomic E-state index is 0.200. The smallest absolute Gasteiger partial charge is 0.131 e. The Morgan fingerprint density at radius 1 is 1.15 bits per heavy atom. The van der Waals surface area contributed by atoms with Crippen molar-refractivity contribution < 1.29 is 9.13 Å². The van der Waals surface area contributed by atoms with Crippen molar-refractivity contribution >= 4 is 0 Å². The van der Waals surface area contributed by atoms with Gasteiger partial charge < -0.3 is 10.1 Å². The quantitative estimate of drug-likeness (QED) is 0.636. The fraction of sp³-hybridized carbons (Fsp3) is 0.647. The van der Waals surface area contributed by atoms with Crippen LogP contribution in [0.5, 0.6) is 5.75 Å². The first-order valence-electron chi connectivity index (χ1n) is 7.66. The molecule has 3 heteroatoms. The molecule has 0 aliphatic heterocycles. The highest BCUT2D eigenvalue weighted by atomic mass is 19.1. The van der Waals surface area contributed by atoms with Gasteiger partial charge in [0.15, 0.2) is 0 Å². The molecule has 0 atom stereocenters. The van der Waals surface area contributed by atoms with E-state index in [4.69, 9.17) is 4.74 Å². The van der Waals surface area contributed by atoms with E-state index in [2.05, 4.69) is 19.2 Å². The van der Waals surface area contributed by atoms with Crippen molar-refractivity contribution in [2.24, 2.45) is 5.92 Å². The molecular weight excluding hydrogens is 253 g/mol. The molecule has 0 aliphatic carbocycles. The molecule has 0 fully saturated rings. The van der Waals surface area contributed by atoms with Gasteiger partial charge in [-0.3, -0.25) is 0 Å². The highest BCUT2D eigenvalue weighted by molar-refractivity contribution is 5.28. The average molecular weight is 281 g/mol. The Morgan fingerprint density at radius 3 is 2.55 bits per heavy atom. The zero-order valence-corrected chi connectivity index (χ0v) is 13.0. The lowest BCUT2D eigenvalue weighted by molar-refractivity contribution is 0.410. The summed E-state index contributed by atoms with van der Waals surface area (Å²) in [5, 5.41) is 3.30. The largest absolute Gasteiger partial charge is 0.497 e. The molecule has 0 radical (unpaired) electrons. The summed E-state index contributed by atoms with van der Waals surface area (Å²) in [7, 11) is 1.55. The van der Waals surface area contributed by atoms with Crippen molar-refractivity contribution in [1.82, 2.24) is 5.32 Å². The zero-order chi connectivity index (χ0) is 14.8. The number of unbranched alkanes of at least 4 members (excludes halogenated alkanes) is 3. The number of nitrogens with one attached hydrogen (secondary N) is 1. The van der Waals surface area contributed by atoms with Crippen molar-refractivity contribution in [2.75, 3.05) is 13.7 Å². The van der Waals surface area contributed by atoms with Crippen molar-refractivity contribution in [1.29, 1.82) is 0 Å². The third kappa shape index (κ3) is 6.90. The summed E-state index contributed by atoms with van der Waals surface area (Å²) in [6.45, 7) is 6.07. The van der Waals surface area contributed by atoms with Gasteiger partial charge in [-0.15, -0.1) is 0 Å². The lowest BCUT2D eigenvalue weighted by Crippen LogP contribution is -2.15. The minimum atomic E-state index is -0.200. The number of hydrogen-bond acceptors (Lipinski definition) is 2. The number of benzene rings is 1.